The summed E-state index contributed by atoms with van der Waals surface area (Å²) in [5.41, 5.74) is 4.65. The van der Waals surface area contributed by atoms with Gasteiger partial charge in [-0.15, -0.1) is 0 Å². The number of likely N-dealkylation sites (tertiary alicyclic amines) is 1. The highest BCUT2D eigenvalue weighted by Gasteiger charge is 2.40. The Labute approximate surface area is 165 Å². The average Bonchev–Trinajstić information content (AvgIpc) is 3.09. The van der Waals surface area contributed by atoms with Gasteiger partial charge in [-0.05, 0) is 43.4 Å². The summed E-state index contributed by atoms with van der Waals surface area (Å²) in [6.45, 7) is 0.841. The molecule has 5 rings (SSSR count). The van der Waals surface area contributed by atoms with Crippen molar-refractivity contribution in [2.24, 2.45) is 7.05 Å². The number of benzene rings is 2. The molecule has 1 saturated heterocycles. The zero-order valence-corrected chi connectivity index (χ0v) is 16.5. The van der Waals surface area contributed by atoms with E-state index in [1.807, 2.05) is 25.4 Å². The number of methoxy groups -OCH3 is 1. The van der Waals surface area contributed by atoms with E-state index in [0.717, 1.165) is 54.4 Å². The first-order valence-electron chi connectivity index (χ1n) is 10.2. The van der Waals surface area contributed by atoms with Crippen molar-refractivity contribution in [1.82, 2.24) is 9.47 Å². The second kappa shape index (κ2) is 6.69. The first-order valence-corrected chi connectivity index (χ1v) is 10.2. The lowest BCUT2D eigenvalue weighted by molar-refractivity contribution is 0.0546. The fourth-order valence-corrected chi connectivity index (χ4v) is 5.38. The number of aryl methyl sites for hydroxylation is 2. The topological polar surface area (TPSA) is 34.5 Å². The number of hydrogen-bond donors (Lipinski definition) is 0. The van der Waals surface area contributed by atoms with Crippen molar-refractivity contribution in [3.05, 3.63) is 65.4 Å². The molecule has 0 saturated carbocycles. The van der Waals surface area contributed by atoms with Gasteiger partial charge in [0, 0.05) is 48.2 Å². The largest absolute Gasteiger partial charge is 0.496 e. The maximum atomic E-state index is 13.6. The van der Waals surface area contributed by atoms with E-state index in [9.17, 15) is 4.79 Å². The minimum Gasteiger partial charge on any atom is -0.496 e. The zero-order chi connectivity index (χ0) is 19.3. The van der Waals surface area contributed by atoms with Crippen LogP contribution in [0.5, 0.6) is 5.75 Å². The van der Waals surface area contributed by atoms with Crippen LogP contribution in [0.1, 0.15) is 46.7 Å². The molecule has 1 fully saturated rings. The van der Waals surface area contributed by atoms with Gasteiger partial charge in [0.2, 0.25) is 0 Å². The monoisotopic (exact) mass is 374 g/mol. The van der Waals surface area contributed by atoms with Gasteiger partial charge < -0.3 is 14.2 Å². The highest BCUT2D eigenvalue weighted by Crippen LogP contribution is 2.45. The van der Waals surface area contributed by atoms with Crippen LogP contribution in [0.25, 0.3) is 10.9 Å². The Hall–Kier alpha value is -2.75. The molecule has 0 N–H and O–H groups in total. The van der Waals surface area contributed by atoms with Gasteiger partial charge in [0.25, 0.3) is 5.91 Å². The number of carbonyl (C=O) groups is 1. The summed E-state index contributed by atoms with van der Waals surface area (Å²) in [5.74, 6) is 1.52. The Morgan fingerprint density at radius 1 is 1.11 bits per heavy atom. The van der Waals surface area contributed by atoms with Gasteiger partial charge in [-0.2, -0.15) is 0 Å². The Morgan fingerprint density at radius 3 is 2.82 bits per heavy atom. The number of ether oxygens (including phenoxy) is 1. The lowest BCUT2D eigenvalue weighted by atomic mass is 9.73. The number of aromatic nitrogens is 1. The normalized spacial score (nSPS) is 21.3. The first-order chi connectivity index (χ1) is 13.7. The molecule has 4 nitrogen and oxygen atoms in total. The number of rotatable bonds is 2. The van der Waals surface area contributed by atoms with E-state index in [2.05, 4.69) is 39.8 Å². The van der Waals surface area contributed by atoms with Crippen LogP contribution >= 0.6 is 0 Å². The van der Waals surface area contributed by atoms with Crippen molar-refractivity contribution in [3.63, 3.8) is 0 Å². The molecule has 4 heteroatoms. The summed E-state index contributed by atoms with van der Waals surface area (Å²) in [5, 5.41) is 1.05. The fraction of sp³-hybridized carbons (Fsp3) is 0.375. The molecule has 144 valence electrons. The molecule has 0 spiro atoms. The number of hydrogen-bond acceptors (Lipinski definition) is 2. The minimum absolute atomic E-state index is 0.171. The van der Waals surface area contributed by atoms with Crippen molar-refractivity contribution in [2.45, 2.75) is 37.6 Å². The molecule has 1 aromatic heterocycles. The second-order valence-electron chi connectivity index (χ2n) is 8.06. The lowest BCUT2D eigenvalue weighted by Crippen LogP contribution is -2.49. The van der Waals surface area contributed by atoms with Gasteiger partial charge in [-0.25, -0.2) is 0 Å². The molecule has 2 aliphatic rings. The number of amides is 1. The standard InChI is InChI=1S/C24H26N2O2/c1-25-15-19(17-8-3-4-10-20(17)25)24(27)26-14-6-9-18-21(26)13-12-16-7-5-11-22(28-2)23(16)18/h3-5,7-8,10-11,15,18,21H,6,9,12-14H2,1-2H3/t18-,21-/m1/s1. The molecular weight excluding hydrogens is 348 g/mol. The molecule has 28 heavy (non-hydrogen) atoms. The van der Waals surface area contributed by atoms with Crippen LogP contribution in [-0.2, 0) is 13.5 Å². The fourth-order valence-electron chi connectivity index (χ4n) is 5.38. The van der Waals surface area contributed by atoms with Gasteiger partial charge in [0.1, 0.15) is 5.75 Å². The molecule has 0 bridgehead atoms. The highest BCUT2D eigenvalue weighted by atomic mass is 16.5. The molecular formula is C24H26N2O2. The van der Waals surface area contributed by atoms with Crippen LogP contribution in [0, 0.1) is 0 Å². The van der Waals surface area contributed by atoms with Gasteiger partial charge in [0.05, 0.1) is 12.7 Å². The Bertz CT molecular complexity index is 1040. The maximum absolute atomic E-state index is 13.6. The molecule has 0 radical (unpaired) electrons. The predicted octanol–water partition coefficient (Wildman–Crippen LogP) is 4.52. The molecule has 1 amide bonds. The molecule has 1 aliphatic heterocycles. The van der Waals surface area contributed by atoms with E-state index in [1.165, 1.54) is 11.1 Å². The lowest BCUT2D eigenvalue weighted by Gasteiger charge is -2.45. The molecule has 2 heterocycles. The van der Waals surface area contributed by atoms with E-state index < -0.39 is 0 Å². The summed E-state index contributed by atoms with van der Waals surface area (Å²) in [6, 6.07) is 14.8. The average molecular weight is 374 g/mol. The van der Waals surface area contributed by atoms with Crippen LogP contribution in [0.15, 0.2) is 48.7 Å². The van der Waals surface area contributed by atoms with Crippen LogP contribution in [0.4, 0.5) is 0 Å². The summed E-state index contributed by atoms with van der Waals surface area (Å²) in [7, 11) is 3.76. The molecule has 0 unspecified atom stereocenters. The second-order valence-corrected chi connectivity index (χ2v) is 8.06. The van der Waals surface area contributed by atoms with Gasteiger partial charge in [-0.1, -0.05) is 30.3 Å². The van der Waals surface area contributed by atoms with Gasteiger partial charge >= 0.3 is 0 Å². The Morgan fingerprint density at radius 2 is 1.96 bits per heavy atom. The van der Waals surface area contributed by atoms with E-state index >= 15 is 0 Å². The number of fused-ring (bicyclic) bond motifs is 4. The predicted molar refractivity (Wildman–Crippen MR) is 111 cm³/mol. The van der Waals surface area contributed by atoms with Crippen molar-refractivity contribution < 1.29 is 9.53 Å². The van der Waals surface area contributed by atoms with Crippen molar-refractivity contribution >= 4 is 16.8 Å². The Kier molecular flexibility index (Phi) is 4.15. The number of piperidine rings is 1. The summed E-state index contributed by atoms with van der Waals surface area (Å²) < 4.78 is 7.75. The number of nitrogens with zero attached hydrogens (tertiary/aromatic N) is 2. The first kappa shape index (κ1) is 17.4. The smallest absolute Gasteiger partial charge is 0.256 e. The minimum atomic E-state index is 0.171. The van der Waals surface area contributed by atoms with Crippen LogP contribution in [-0.4, -0.2) is 35.1 Å². The van der Waals surface area contributed by atoms with E-state index in [1.54, 1.807) is 7.11 Å². The quantitative estimate of drug-likeness (QED) is 0.661. The van der Waals surface area contributed by atoms with Crippen LogP contribution < -0.4 is 4.74 Å². The van der Waals surface area contributed by atoms with Crippen LogP contribution in [0.2, 0.25) is 0 Å². The Balaban J connectivity index is 1.54. The summed E-state index contributed by atoms with van der Waals surface area (Å²) in [4.78, 5) is 15.8. The zero-order valence-electron chi connectivity index (χ0n) is 16.5. The SMILES string of the molecule is COc1cccc2c1[C@@H]1CCCN(C(=O)c3cn(C)c4ccccc34)[C@@H]1CC2. The maximum Gasteiger partial charge on any atom is 0.256 e. The van der Waals surface area contributed by atoms with Crippen molar-refractivity contribution in [3.8, 4) is 5.75 Å². The third-order valence-electron chi connectivity index (χ3n) is 6.62. The van der Waals surface area contributed by atoms with Crippen molar-refractivity contribution in [1.29, 1.82) is 0 Å². The third-order valence-corrected chi connectivity index (χ3v) is 6.62. The highest BCUT2D eigenvalue weighted by molar-refractivity contribution is 6.07. The van der Waals surface area contributed by atoms with E-state index in [0.29, 0.717) is 5.92 Å². The molecule has 2 atom stereocenters. The number of carbonyl (C=O) groups excluding carboxylic acids is 1. The van der Waals surface area contributed by atoms with E-state index in [4.69, 9.17) is 4.74 Å². The molecule has 2 aromatic carbocycles. The number of para-hydroxylation sites is 1. The van der Waals surface area contributed by atoms with Crippen molar-refractivity contribution in [2.75, 3.05) is 13.7 Å². The third kappa shape index (κ3) is 2.55. The summed E-state index contributed by atoms with van der Waals surface area (Å²) in [6.07, 6.45) is 6.19. The van der Waals surface area contributed by atoms with E-state index in [-0.39, 0.29) is 11.9 Å². The molecule has 1 aliphatic carbocycles. The van der Waals surface area contributed by atoms with Gasteiger partial charge in [-0.3, -0.25) is 4.79 Å². The van der Waals surface area contributed by atoms with Crippen LogP contribution in [0.3, 0.4) is 0 Å². The molecule has 3 aromatic rings. The summed E-state index contributed by atoms with van der Waals surface area (Å²) >= 11 is 0. The van der Waals surface area contributed by atoms with Gasteiger partial charge in [0.15, 0.2) is 0 Å².